The first-order valence-electron chi connectivity index (χ1n) is 11.0. The lowest BCUT2D eigenvalue weighted by Crippen LogP contribution is -2.22. The highest BCUT2D eigenvalue weighted by atomic mass is 32.1. The Morgan fingerprint density at radius 2 is 1.97 bits per heavy atom. The fraction of sp³-hybridized carbons (Fsp3) is 0.435. The van der Waals surface area contributed by atoms with Gasteiger partial charge in [0.25, 0.3) is 5.91 Å². The van der Waals surface area contributed by atoms with E-state index in [9.17, 15) is 13.6 Å². The maximum atomic E-state index is 12.8. The Hall–Kier alpha value is -3.05. The molecular formula is C23H25F2N5O3S. The van der Waals surface area contributed by atoms with Crippen molar-refractivity contribution in [3.8, 4) is 5.75 Å². The normalized spacial score (nSPS) is 19.1. The fourth-order valence-electron chi connectivity index (χ4n) is 4.25. The van der Waals surface area contributed by atoms with Gasteiger partial charge in [-0.05, 0) is 61.4 Å². The van der Waals surface area contributed by atoms with Crippen LogP contribution in [0.2, 0.25) is 0 Å². The van der Waals surface area contributed by atoms with Crippen LogP contribution >= 0.6 is 11.3 Å². The minimum atomic E-state index is -2.95. The summed E-state index contributed by atoms with van der Waals surface area (Å²) in [4.78, 5) is 12.8. The molecule has 34 heavy (non-hydrogen) atoms. The summed E-state index contributed by atoms with van der Waals surface area (Å²) in [6.07, 6.45) is 5.77. The van der Waals surface area contributed by atoms with Gasteiger partial charge in [-0.15, -0.1) is 10.2 Å². The summed E-state index contributed by atoms with van der Waals surface area (Å²) in [6, 6.07) is 9.82. The van der Waals surface area contributed by atoms with Crippen molar-refractivity contribution in [3.63, 3.8) is 0 Å². The zero-order valence-electron chi connectivity index (χ0n) is 18.6. The Morgan fingerprint density at radius 1 is 1.15 bits per heavy atom. The van der Waals surface area contributed by atoms with E-state index in [0.717, 1.165) is 42.8 Å². The van der Waals surface area contributed by atoms with E-state index in [1.807, 2.05) is 12.1 Å². The number of hydrogen-bond donors (Lipinski definition) is 1. The molecule has 1 atom stereocenters. The largest absolute Gasteiger partial charge is 0.435 e. The Balaban J connectivity index is 1.31. The summed E-state index contributed by atoms with van der Waals surface area (Å²) >= 11 is 1.33. The minimum Gasteiger partial charge on any atom is -0.435 e. The smallest absolute Gasteiger partial charge is 0.387 e. The molecule has 4 rings (SSSR count). The highest BCUT2D eigenvalue weighted by Gasteiger charge is 2.26. The van der Waals surface area contributed by atoms with Gasteiger partial charge in [-0.2, -0.15) is 19.0 Å². The van der Waals surface area contributed by atoms with Crippen molar-refractivity contribution in [1.82, 2.24) is 20.4 Å². The standard InChI is InChI=1S/C23H25F2N5O3S/c1-32-20(16-4-2-5-17(13-16)33-22(24)25)21(31)27-23-30-29-19(34-23)12-14-7-9-15(10-8-14)18-6-3-11-26-28-18/h2-6,11,13-15,20,22H,7-10,12H2,1H3,(H,27,30,31)/t14?,15?,20-/m1/s1. The van der Waals surface area contributed by atoms with Gasteiger partial charge in [-0.25, -0.2) is 0 Å². The quantitative estimate of drug-likeness (QED) is 0.462. The number of carbonyl (C=O) groups excluding carboxylic acids is 1. The predicted molar refractivity (Wildman–Crippen MR) is 122 cm³/mol. The number of benzene rings is 1. The number of halogens is 2. The molecule has 1 N–H and O–H groups in total. The van der Waals surface area contributed by atoms with Crippen LogP contribution in [0.15, 0.2) is 42.6 Å². The third-order valence-corrected chi connectivity index (χ3v) is 6.74. The molecule has 8 nitrogen and oxygen atoms in total. The number of nitrogens with zero attached hydrogens (tertiary/aromatic N) is 4. The molecule has 2 heterocycles. The summed E-state index contributed by atoms with van der Waals surface area (Å²) in [5.41, 5.74) is 1.45. The molecule has 1 aromatic carbocycles. The monoisotopic (exact) mass is 489 g/mol. The molecule has 3 aromatic rings. The lowest BCUT2D eigenvalue weighted by Gasteiger charge is -2.27. The van der Waals surface area contributed by atoms with Crippen molar-refractivity contribution in [2.24, 2.45) is 5.92 Å². The zero-order valence-corrected chi connectivity index (χ0v) is 19.4. The molecule has 180 valence electrons. The maximum Gasteiger partial charge on any atom is 0.387 e. The molecular weight excluding hydrogens is 464 g/mol. The molecule has 1 aliphatic carbocycles. The van der Waals surface area contributed by atoms with Crippen LogP contribution in [0.5, 0.6) is 5.75 Å². The van der Waals surface area contributed by atoms with E-state index in [2.05, 4.69) is 30.4 Å². The number of aromatic nitrogens is 4. The summed E-state index contributed by atoms with van der Waals surface area (Å²) in [7, 11) is 1.37. The molecule has 0 spiro atoms. The van der Waals surface area contributed by atoms with E-state index in [0.29, 0.717) is 22.5 Å². The van der Waals surface area contributed by atoms with E-state index in [-0.39, 0.29) is 5.75 Å². The Labute approximate surface area is 199 Å². The topological polar surface area (TPSA) is 99.1 Å². The van der Waals surface area contributed by atoms with Gasteiger partial charge < -0.3 is 9.47 Å². The number of amides is 1. The first-order chi connectivity index (χ1) is 16.5. The lowest BCUT2D eigenvalue weighted by molar-refractivity contribution is -0.126. The molecule has 1 saturated carbocycles. The molecule has 0 radical (unpaired) electrons. The van der Waals surface area contributed by atoms with Gasteiger partial charge in [0.1, 0.15) is 10.8 Å². The fourth-order valence-corrected chi connectivity index (χ4v) is 5.10. The number of carbonyl (C=O) groups is 1. The zero-order chi connectivity index (χ0) is 23.9. The Morgan fingerprint density at radius 3 is 2.68 bits per heavy atom. The molecule has 0 unspecified atom stereocenters. The van der Waals surface area contributed by atoms with Gasteiger partial charge in [0.2, 0.25) is 5.13 Å². The summed E-state index contributed by atoms with van der Waals surface area (Å²) in [5, 5.41) is 20.5. The third kappa shape index (κ3) is 6.29. The summed E-state index contributed by atoms with van der Waals surface area (Å²) in [6.45, 7) is -2.95. The second-order valence-corrected chi connectivity index (χ2v) is 9.19. The number of alkyl halides is 2. The highest BCUT2D eigenvalue weighted by molar-refractivity contribution is 7.15. The van der Waals surface area contributed by atoms with Crippen LogP contribution in [-0.2, 0) is 16.0 Å². The molecule has 1 amide bonds. The minimum absolute atomic E-state index is 0.0467. The van der Waals surface area contributed by atoms with Crippen molar-refractivity contribution in [1.29, 1.82) is 0 Å². The second-order valence-electron chi connectivity index (χ2n) is 8.13. The SMILES string of the molecule is CO[C@@H](C(=O)Nc1nnc(CC2CCC(c3cccnn3)CC2)s1)c1cccc(OC(F)F)c1. The summed E-state index contributed by atoms with van der Waals surface area (Å²) < 4.78 is 34.7. The van der Waals surface area contributed by atoms with Crippen molar-refractivity contribution in [3.05, 3.63) is 58.9 Å². The van der Waals surface area contributed by atoms with Gasteiger partial charge in [-0.1, -0.05) is 23.5 Å². The van der Waals surface area contributed by atoms with Gasteiger partial charge in [0.05, 0.1) is 5.69 Å². The van der Waals surface area contributed by atoms with Gasteiger partial charge in [-0.3, -0.25) is 10.1 Å². The van der Waals surface area contributed by atoms with Crippen molar-refractivity contribution < 1.29 is 23.0 Å². The Bertz CT molecular complexity index is 1080. The van der Waals surface area contributed by atoms with Gasteiger partial charge in [0.15, 0.2) is 6.10 Å². The van der Waals surface area contributed by atoms with Gasteiger partial charge in [0, 0.05) is 25.6 Å². The van der Waals surface area contributed by atoms with Crippen LogP contribution in [0.4, 0.5) is 13.9 Å². The van der Waals surface area contributed by atoms with E-state index in [1.54, 1.807) is 12.3 Å². The molecule has 1 fully saturated rings. The van der Waals surface area contributed by atoms with E-state index < -0.39 is 18.6 Å². The number of rotatable bonds is 9. The first-order valence-corrected chi connectivity index (χ1v) is 11.8. The van der Waals surface area contributed by atoms with E-state index in [1.165, 1.54) is 36.6 Å². The average molecular weight is 490 g/mol. The van der Waals surface area contributed by atoms with Crippen LogP contribution in [0, 0.1) is 5.92 Å². The van der Waals surface area contributed by atoms with Gasteiger partial charge >= 0.3 is 6.61 Å². The number of hydrogen-bond acceptors (Lipinski definition) is 8. The third-order valence-electron chi connectivity index (χ3n) is 5.88. The van der Waals surface area contributed by atoms with Crippen LogP contribution in [0.25, 0.3) is 0 Å². The highest BCUT2D eigenvalue weighted by Crippen LogP contribution is 2.36. The van der Waals surface area contributed by atoms with Crippen LogP contribution in [0.1, 0.15) is 54.0 Å². The first kappa shape index (κ1) is 24.1. The molecule has 0 bridgehead atoms. The molecule has 11 heteroatoms. The Kier molecular flexibility index (Phi) is 8.07. The van der Waals surface area contributed by atoms with Crippen molar-refractivity contribution in [2.45, 2.75) is 50.7 Å². The van der Waals surface area contributed by atoms with Crippen LogP contribution in [0.3, 0.4) is 0 Å². The van der Waals surface area contributed by atoms with E-state index >= 15 is 0 Å². The van der Waals surface area contributed by atoms with E-state index in [4.69, 9.17) is 4.74 Å². The van der Waals surface area contributed by atoms with Crippen molar-refractivity contribution in [2.75, 3.05) is 12.4 Å². The molecule has 0 aliphatic heterocycles. The predicted octanol–water partition coefficient (Wildman–Crippen LogP) is 4.77. The lowest BCUT2D eigenvalue weighted by atomic mass is 9.79. The number of methoxy groups -OCH3 is 1. The number of anilines is 1. The van der Waals surface area contributed by atoms with Crippen LogP contribution < -0.4 is 10.1 Å². The molecule has 1 aliphatic rings. The molecule has 0 saturated heterocycles. The number of nitrogens with one attached hydrogen (secondary N) is 1. The maximum absolute atomic E-state index is 12.8. The summed E-state index contributed by atoms with van der Waals surface area (Å²) in [5.74, 6) is 0.442. The van der Waals surface area contributed by atoms with Crippen molar-refractivity contribution >= 4 is 22.4 Å². The average Bonchev–Trinajstić information content (AvgIpc) is 3.27. The van der Waals surface area contributed by atoms with Crippen LogP contribution in [-0.4, -0.2) is 40.0 Å². The molecule has 2 aromatic heterocycles. The number of ether oxygens (including phenoxy) is 2. The second kappa shape index (κ2) is 11.4.